The summed E-state index contributed by atoms with van der Waals surface area (Å²) < 4.78 is 0. The van der Waals surface area contributed by atoms with E-state index in [0.717, 1.165) is 5.56 Å². The zero-order chi connectivity index (χ0) is 11.8. The molecular formula is C12H12ClNO2. The summed E-state index contributed by atoms with van der Waals surface area (Å²) in [5.74, 6) is -0.436. The van der Waals surface area contributed by atoms with Crippen molar-refractivity contribution in [2.24, 2.45) is 0 Å². The predicted molar refractivity (Wildman–Crippen MR) is 61.2 cm³/mol. The highest BCUT2D eigenvalue weighted by atomic mass is 35.5. The predicted octanol–water partition coefficient (Wildman–Crippen LogP) is 2.03. The molecule has 0 saturated carbocycles. The number of benzene rings is 1. The third-order valence-corrected chi connectivity index (χ3v) is 3.37. The van der Waals surface area contributed by atoms with Crippen LogP contribution in [-0.2, 0) is 15.0 Å². The molecule has 1 N–H and O–H groups in total. The summed E-state index contributed by atoms with van der Waals surface area (Å²) in [4.78, 5) is 23.2. The molecule has 0 bridgehead atoms. The number of carbonyl (C=O) groups excluding carboxylic acids is 2. The minimum atomic E-state index is -0.734. The summed E-state index contributed by atoms with van der Waals surface area (Å²) in [6.45, 7) is 1.90. The van der Waals surface area contributed by atoms with Crippen molar-refractivity contribution < 1.29 is 9.59 Å². The Hall–Kier alpha value is -1.35. The fraction of sp³-hybridized carbons (Fsp3) is 0.333. The fourth-order valence-corrected chi connectivity index (χ4v) is 2.34. The van der Waals surface area contributed by atoms with Crippen LogP contribution in [0, 0.1) is 0 Å². The molecule has 1 heterocycles. The first-order valence-electron chi connectivity index (χ1n) is 5.19. The van der Waals surface area contributed by atoms with Gasteiger partial charge in [-0.1, -0.05) is 30.7 Å². The van der Waals surface area contributed by atoms with Crippen LogP contribution in [0.25, 0.3) is 0 Å². The smallest absolute Gasteiger partial charge is 0.237 e. The lowest BCUT2D eigenvalue weighted by Gasteiger charge is -2.24. The van der Waals surface area contributed by atoms with E-state index in [9.17, 15) is 9.59 Å². The Bertz CT molecular complexity index is 458. The molecule has 1 aliphatic heterocycles. The van der Waals surface area contributed by atoms with Gasteiger partial charge < -0.3 is 0 Å². The van der Waals surface area contributed by atoms with Crippen molar-refractivity contribution >= 4 is 23.4 Å². The molecular weight excluding hydrogens is 226 g/mol. The number of hydrogen-bond donors (Lipinski definition) is 1. The SMILES string of the molecule is CCC1(c2cccc(Cl)c2)CC(=O)NC1=O. The van der Waals surface area contributed by atoms with Crippen LogP contribution in [0.4, 0.5) is 0 Å². The summed E-state index contributed by atoms with van der Waals surface area (Å²) >= 11 is 5.91. The molecule has 1 aliphatic rings. The van der Waals surface area contributed by atoms with Gasteiger partial charge in [0.2, 0.25) is 11.8 Å². The van der Waals surface area contributed by atoms with Gasteiger partial charge in [-0.25, -0.2) is 0 Å². The molecule has 0 spiro atoms. The minimum absolute atomic E-state index is 0.211. The molecule has 0 aliphatic carbocycles. The van der Waals surface area contributed by atoms with Gasteiger partial charge in [-0.3, -0.25) is 14.9 Å². The lowest BCUT2D eigenvalue weighted by molar-refractivity contribution is -0.126. The van der Waals surface area contributed by atoms with Crippen LogP contribution in [0.15, 0.2) is 24.3 Å². The normalized spacial score (nSPS) is 24.6. The molecule has 84 valence electrons. The topological polar surface area (TPSA) is 46.2 Å². The van der Waals surface area contributed by atoms with Gasteiger partial charge in [-0.15, -0.1) is 0 Å². The number of imide groups is 1. The van der Waals surface area contributed by atoms with Gasteiger partial charge >= 0.3 is 0 Å². The quantitative estimate of drug-likeness (QED) is 0.800. The van der Waals surface area contributed by atoms with Gasteiger partial charge in [0.05, 0.1) is 5.41 Å². The number of rotatable bonds is 2. The highest BCUT2D eigenvalue weighted by molar-refractivity contribution is 6.30. The Morgan fingerprint density at radius 1 is 1.44 bits per heavy atom. The van der Waals surface area contributed by atoms with Crippen molar-refractivity contribution in [1.29, 1.82) is 0 Å². The summed E-state index contributed by atoms with van der Waals surface area (Å²) in [5.41, 5.74) is 0.0768. The second kappa shape index (κ2) is 3.91. The first-order chi connectivity index (χ1) is 7.58. The van der Waals surface area contributed by atoms with Crippen LogP contribution in [0.3, 0.4) is 0 Å². The Kier molecular flexibility index (Phi) is 2.72. The highest BCUT2D eigenvalue weighted by Gasteiger charge is 2.46. The van der Waals surface area contributed by atoms with Crippen molar-refractivity contribution in [3.63, 3.8) is 0 Å². The van der Waals surface area contributed by atoms with E-state index in [2.05, 4.69) is 5.32 Å². The van der Waals surface area contributed by atoms with Crippen LogP contribution in [0.5, 0.6) is 0 Å². The summed E-state index contributed by atoms with van der Waals surface area (Å²) in [6.07, 6.45) is 0.799. The van der Waals surface area contributed by atoms with E-state index in [1.165, 1.54) is 0 Å². The van der Waals surface area contributed by atoms with Gasteiger partial charge in [-0.2, -0.15) is 0 Å². The standard InChI is InChI=1S/C12H12ClNO2/c1-2-12(7-10(15)14-11(12)16)8-4-3-5-9(13)6-8/h3-6H,2,7H2,1H3,(H,14,15,16). The van der Waals surface area contributed by atoms with E-state index in [1.54, 1.807) is 18.2 Å². The van der Waals surface area contributed by atoms with Crippen LogP contribution in [0.1, 0.15) is 25.3 Å². The van der Waals surface area contributed by atoms with Gasteiger partial charge in [-0.05, 0) is 24.1 Å². The third-order valence-electron chi connectivity index (χ3n) is 3.13. The Morgan fingerprint density at radius 3 is 2.69 bits per heavy atom. The molecule has 1 atom stereocenters. The highest BCUT2D eigenvalue weighted by Crippen LogP contribution is 2.36. The number of amides is 2. The molecule has 1 saturated heterocycles. The summed E-state index contributed by atoms with van der Waals surface area (Å²) in [6, 6.07) is 7.14. The molecule has 2 amide bonds. The average Bonchev–Trinajstić information content (AvgIpc) is 2.54. The van der Waals surface area contributed by atoms with Crippen molar-refractivity contribution in [3.05, 3.63) is 34.9 Å². The van der Waals surface area contributed by atoms with Crippen molar-refractivity contribution in [2.45, 2.75) is 25.2 Å². The van der Waals surface area contributed by atoms with Crippen LogP contribution >= 0.6 is 11.6 Å². The summed E-state index contributed by atoms with van der Waals surface area (Å²) in [7, 11) is 0. The van der Waals surface area contributed by atoms with Gasteiger partial charge in [0, 0.05) is 11.4 Å². The Balaban J connectivity index is 2.50. The van der Waals surface area contributed by atoms with Crippen LogP contribution in [0.2, 0.25) is 5.02 Å². The maximum atomic E-state index is 11.9. The molecule has 3 nitrogen and oxygen atoms in total. The zero-order valence-electron chi connectivity index (χ0n) is 8.92. The minimum Gasteiger partial charge on any atom is -0.296 e. The van der Waals surface area contributed by atoms with Crippen molar-refractivity contribution in [1.82, 2.24) is 5.32 Å². The molecule has 1 unspecified atom stereocenters. The van der Waals surface area contributed by atoms with E-state index in [0.29, 0.717) is 11.4 Å². The second-order valence-electron chi connectivity index (χ2n) is 4.00. The molecule has 16 heavy (non-hydrogen) atoms. The Morgan fingerprint density at radius 2 is 2.19 bits per heavy atom. The maximum absolute atomic E-state index is 11.9. The molecule has 0 aromatic heterocycles. The van der Waals surface area contributed by atoms with E-state index < -0.39 is 5.41 Å². The van der Waals surface area contributed by atoms with Crippen LogP contribution < -0.4 is 5.32 Å². The zero-order valence-corrected chi connectivity index (χ0v) is 9.67. The monoisotopic (exact) mass is 237 g/mol. The maximum Gasteiger partial charge on any atom is 0.237 e. The van der Waals surface area contributed by atoms with Crippen LogP contribution in [-0.4, -0.2) is 11.8 Å². The van der Waals surface area contributed by atoms with Gasteiger partial charge in [0.15, 0.2) is 0 Å². The molecule has 1 fully saturated rings. The lowest BCUT2D eigenvalue weighted by Crippen LogP contribution is -2.34. The largest absolute Gasteiger partial charge is 0.296 e. The van der Waals surface area contributed by atoms with Crippen molar-refractivity contribution in [2.75, 3.05) is 0 Å². The first kappa shape index (κ1) is 11.1. The number of carbonyl (C=O) groups is 2. The number of hydrogen-bond acceptors (Lipinski definition) is 2. The fourth-order valence-electron chi connectivity index (χ4n) is 2.15. The second-order valence-corrected chi connectivity index (χ2v) is 4.44. The molecule has 4 heteroatoms. The summed E-state index contributed by atoms with van der Waals surface area (Å²) in [5, 5.41) is 2.94. The van der Waals surface area contributed by atoms with Gasteiger partial charge in [0.1, 0.15) is 0 Å². The first-order valence-corrected chi connectivity index (χ1v) is 5.56. The molecule has 1 aromatic carbocycles. The molecule has 1 aromatic rings. The van der Waals surface area contributed by atoms with Gasteiger partial charge in [0.25, 0.3) is 0 Å². The van der Waals surface area contributed by atoms with Crippen molar-refractivity contribution in [3.8, 4) is 0 Å². The number of halogens is 1. The molecule has 2 rings (SSSR count). The average molecular weight is 238 g/mol. The van der Waals surface area contributed by atoms with E-state index in [1.807, 2.05) is 13.0 Å². The third kappa shape index (κ3) is 1.61. The number of nitrogens with one attached hydrogen (secondary N) is 1. The Labute approximate surface area is 98.8 Å². The van der Waals surface area contributed by atoms with E-state index >= 15 is 0 Å². The lowest BCUT2D eigenvalue weighted by atomic mass is 9.77. The molecule has 0 radical (unpaired) electrons. The van der Waals surface area contributed by atoms with E-state index in [-0.39, 0.29) is 18.2 Å². The van der Waals surface area contributed by atoms with E-state index in [4.69, 9.17) is 11.6 Å².